The third kappa shape index (κ3) is 4.58. The van der Waals surface area contributed by atoms with E-state index in [0.717, 1.165) is 6.07 Å². The summed E-state index contributed by atoms with van der Waals surface area (Å²) in [5.41, 5.74) is -0.342. The number of nitrogens with zero attached hydrogens (tertiary/aromatic N) is 1. The Morgan fingerprint density at radius 1 is 1.39 bits per heavy atom. The van der Waals surface area contributed by atoms with Crippen LogP contribution in [0.15, 0.2) is 12.1 Å². The van der Waals surface area contributed by atoms with E-state index in [0.29, 0.717) is 0 Å². The number of nitro benzene ring substituents is 1. The number of carbonyl (C=O) groups excluding carboxylic acids is 1. The van der Waals surface area contributed by atoms with Crippen LogP contribution in [0.4, 0.5) is 5.69 Å². The van der Waals surface area contributed by atoms with Crippen LogP contribution in [0.5, 0.6) is 0 Å². The van der Waals surface area contributed by atoms with E-state index in [2.05, 4.69) is 0 Å². The fourth-order valence-electron chi connectivity index (χ4n) is 1.13. The van der Waals surface area contributed by atoms with Crippen molar-refractivity contribution in [2.75, 3.05) is 0 Å². The molecule has 18 heavy (non-hydrogen) atoms. The fourth-order valence-corrected chi connectivity index (χ4v) is 1.54. The van der Waals surface area contributed by atoms with Gasteiger partial charge in [-0.25, -0.2) is 4.79 Å². The van der Waals surface area contributed by atoms with Gasteiger partial charge in [0.15, 0.2) is 0 Å². The molecule has 0 aliphatic rings. The minimum absolute atomic E-state index is 0. The Hall–Kier alpha value is -0.0236. The summed E-state index contributed by atoms with van der Waals surface area (Å²) in [5, 5.41) is 18.7. The third-order valence-corrected chi connectivity index (χ3v) is 2.66. The quantitative estimate of drug-likeness (QED) is 0.340. The molecule has 0 fully saturated rings. The second-order valence-corrected chi connectivity index (χ2v) is 3.86. The number of carboxylic acid groups (broad SMARTS) is 1. The Bertz CT molecular complexity index is 526. The Morgan fingerprint density at radius 2 is 1.94 bits per heavy atom. The molecule has 0 aliphatic heterocycles. The molecule has 0 atom stereocenters. The maximum atomic E-state index is 10.9. The van der Waals surface area contributed by atoms with Crippen molar-refractivity contribution in [1.82, 2.24) is 0 Å². The molecule has 92 valence electrons. The summed E-state index contributed by atoms with van der Waals surface area (Å²) in [5.74, 6) is -2.70. The second kappa shape index (κ2) is 7.54. The van der Waals surface area contributed by atoms with Crippen LogP contribution in [0.25, 0.3) is 0 Å². The zero-order valence-electron chi connectivity index (χ0n) is 10.1. The summed E-state index contributed by atoms with van der Waals surface area (Å²) in [6.45, 7) is 0. The number of carbonyl (C=O) groups is 2. The van der Waals surface area contributed by atoms with Crippen molar-refractivity contribution in [3.05, 3.63) is 37.9 Å². The van der Waals surface area contributed by atoms with Crippen LogP contribution in [-0.4, -0.2) is 21.8 Å². The monoisotopic (exact) mass is 317 g/mol. The topological polar surface area (TPSA) is 97.5 Å². The Balaban J connectivity index is 0. The minimum Gasteiger partial charge on any atom is -1.00 e. The van der Waals surface area contributed by atoms with Crippen LogP contribution < -0.4 is 51.4 Å². The van der Waals surface area contributed by atoms with E-state index in [-0.39, 0.29) is 68.4 Å². The summed E-state index contributed by atoms with van der Waals surface area (Å²) in [7, 11) is 0. The molecule has 0 bridgehead atoms. The van der Waals surface area contributed by atoms with Crippen LogP contribution in [0.1, 0.15) is 6.99 Å². The van der Waals surface area contributed by atoms with Gasteiger partial charge in [0.1, 0.15) is 5.02 Å². The predicted molar refractivity (Wildman–Crippen MR) is 60.6 cm³/mol. The number of nitro groups is 1. The van der Waals surface area contributed by atoms with Crippen molar-refractivity contribution in [2.45, 2.75) is 6.42 Å². The van der Waals surface area contributed by atoms with Crippen LogP contribution in [0.2, 0.25) is 10.0 Å². The average Bonchev–Trinajstić information content (AvgIpc) is 2.22. The van der Waals surface area contributed by atoms with Gasteiger partial charge in [0.25, 0.3) is 5.69 Å². The second-order valence-electron chi connectivity index (χ2n) is 3.07. The molecule has 1 aromatic carbocycles. The van der Waals surface area contributed by atoms with Gasteiger partial charge in [0.2, 0.25) is 5.78 Å². The molecular formula is C9H6Cl2KNO5. The molecule has 0 aliphatic carbocycles. The molecule has 0 heterocycles. The van der Waals surface area contributed by atoms with Crippen molar-refractivity contribution < 1.29 is 72.4 Å². The number of halogens is 2. The first-order valence-electron chi connectivity index (χ1n) is 4.21. The van der Waals surface area contributed by atoms with E-state index in [4.69, 9.17) is 28.3 Å². The number of ketones is 1. The molecule has 1 rings (SSSR count). The van der Waals surface area contributed by atoms with Crippen LogP contribution in [0, 0.1) is 10.1 Å². The van der Waals surface area contributed by atoms with Crippen LogP contribution >= 0.6 is 23.2 Å². The molecule has 0 radical (unpaired) electrons. The number of Topliss-reactive ketones (excluding diaryl/α,β-unsaturated/α-hetero) is 1. The molecule has 0 amide bonds. The van der Waals surface area contributed by atoms with Crippen molar-refractivity contribution >= 4 is 40.6 Å². The molecule has 0 saturated heterocycles. The van der Waals surface area contributed by atoms with Gasteiger partial charge in [-0.15, -0.1) is 0 Å². The van der Waals surface area contributed by atoms with Crippen LogP contribution in [0.3, 0.4) is 0 Å². The van der Waals surface area contributed by atoms with Crippen molar-refractivity contribution in [1.29, 1.82) is 0 Å². The van der Waals surface area contributed by atoms with Gasteiger partial charge in [-0.3, -0.25) is 14.9 Å². The normalized spacial score (nSPS) is 9.44. The van der Waals surface area contributed by atoms with Crippen molar-refractivity contribution in [2.24, 2.45) is 0 Å². The van der Waals surface area contributed by atoms with Gasteiger partial charge in [-0.05, 0) is 11.6 Å². The molecule has 1 aromatic rings. The average molecular weight is 318 g/mol. The fraction of sp³-hybridized carbons (Fsp3) is 0.111. The van der Waals surface area contributed by atoms with E-state index in [1.165, 1.54) is 6.07 Å². The first-order chi connectivity index (χ1) is 7.82. The Labute approximate surface area is 155 Å². The summed E-state index contributed by atoms with van der Waals surface area (Å²) < 4.78 is 0. The molecule has 1 N–H and O–H groups in total. The number of aliphatic carboxylic acids is 1. The summed E-state index contributed by atoms with van der Waals surface area (Å²) in [4.78, 5) is 31.1. The van der Waals surface area contributed by atoms with Gasteiger partial charge < -0.3 is 6.53 Å². The summed E-state index contributed by atoms with van der Waals surface area (Å²) >= 11 is 11.2. The molecular weight excluding hydrogens is 312 g/mol. The Morgan fingerprint density at radius 3 is 2.39 bits per heavy atom. The van der Waals surface area contributed by atoms with E-state index in [1.54, 1.807) is 0 Å². The van der Waals surface area contributed by atoms with Gasteiger partial charge in [-0.1, -0.05) is 23.2 Å². The predicted octanol–water partition coefficient (Wildman–Crippen LogP) is -0.786. The van der Waals surface area contributed by atoms with Gasteiger partial charge >= 0.3 is 57.4 Å². The molecule has 0 spiro atoms. The minimum atomic E-state index is -1.61. The zero-order chi connectivity index (χ0) is 13.2. The van der Waals surface area contributed by atoms with Gasteiger partial charge in [0, 0.05) is 12.5 Å². The molecule has 0 aromatic heterocycles. The third-order valence-electron chi connectivity index (χ3n) is 1.87. The maximum absolute atomic E-state index is 10.9. The van der Waals surface area contributed by atoms with Crippen molar-refractivity contribution in [3.63, 3.8) is 0 Å². The van der Waals surface area contributed by atoms with Crippen molar-refractivity contribution in [3.8, 4) is 0 Å². The number of rotatable bonds is 4. The van der Waals surface area contributed by atoms with E-state index in [9.17, 15) is 19.7 Å². The molecule has 0 saturated carbocycles. The molecule has 0 unspecified atom stereocenters. The number of hydrogen-bond acceptors (Lipinski definition) is 4. The molecule has 9 heteroatoms. The molecule has 6 nitrogen and oxygen atoms in total. The van der Waals surface area contributed by atoms with Crippen LogP contribution in [-0.2, 0) is 16.0 Å². The maximum Gasteiger partial charge on any atom is 1.00 e. The largest absolute Gasteiger partial charge is 1.00 e. The number of hydrogen-bond donors (Lipinski definition) is 1. The summed E-state index contributed by atoms with van der Waals surface area (Å²) in [6, 6.07) is 2.24. The van der Waals surface area contributed by atoms with E-state index >= 15 is 0 Å². The van der Waals surface area contributed by atoms with Gasteiger partial charge in [-0.2, -0.15) is 0 Å². The van der Waals surface area contributed by atoms with E-state index < -0.39 is 28.8 Å². The number of benzene rings is 1. The smallest absolute Gasteiger partial charge is 1.00 e. The number of carboxylic acids is 1. The first-order valence-corrected chi connectivity index (χ1v) is 4.97. The van der Waals surface area contributed by atoms with Gasteiger partial charge in [0.05, 0.1) is 9.95 Å². The summed E-state index contributed by atoms with van der Waals surface area (Å²) in [6.07, 6.45) is -0.479. The standard InChI is InChI=1S/C9H5Cl2NO5.K.H/c10-5-1-4(3-7(13)9(14)15)2-6(8(5)11)12(16)17;;/h1-2H,3H2,(H,14,15);;/q;+1;-1. The Kier molecular flexibility index (Phi) is 7.53. The SMILES string of the molecule is O=C(O)C(=O)Cc1cc(Cl)c(Cl)c([N+](=O)[O-])c1.[H-].[K+]. The van der Waals surface area contributed by atoms with E-state index in [1.807, 2.05) is 0 Å². The first kappa shape index (κ1) is 18.0. The zero-order valence-corrected chi connectivity index (χ0v) is 13.8.